The van der Waals surface area contributed by atoms with Crippen molar-refractivity contribution in [3.05, 3.63) is 41.6 Å². The lowest BCUT2D eigenvalue weighted by Gasteiger charge is -2.28. The van der Waals surface area contributed by atoms with Crippen LogP contribution in [0.25, 0.3) is 0 Å². The van der Waals surface area contributed by atoms with E-state index >= 15 is 0 Å². The lowest BCUT2D eigenvalue weighted by Crippen LogP contribution is -2.45. The number of aryl methyl sites for hydroxylation is 1. The molecule has 1 saturated heterocycles. The minimum atomic E-state index is -0.276. The molecule has 1 fully saturated rings. The lowest BCUT2D eigenvalue weighted by molar-refractivity contribution is -0.135. The van der Waals surface area contributed by atoms with Crippen molar-refractivity contribution in [3.8, 4) is 0 Å². The molecule has 2 atom stereocenters. The van der Waals surface area contributed by atoms with E-state index < -0.39 is 0 Å². The number of nitrogens with zero attached hydrogens (tertiary/aromatic N) is 3. The van der Waals surface area contributed by atoms with Gasteiger partial charge in [0, 0.05) is 31.9 Å². The van der Waals surface area contributed by atoms with E-state index in [2.05, 4.69) is 20.4 Å². The Morgan fingerprint density at radius 3 is 2.70 bits per heavy atom. The highest BCUT2D eigenvalue weighted by atomic mass is 16.3. The molecule has 8 nitrogen and oxygen atoms in total. The molecule has 0 radical (unpaired) electrons. The monoisotopic (exact) mass is 373 g/mol. The molecular weight excluding hydrogens is 346 g/mol. The number of amides is 2. The van der Waals surface area contributed by atoms with E-state index in [1.54, 1.807) is 12.3 Å². The van der Waals surface area contributed by atoms with Crippen molar-refractivity contribution in [1.82, 2.24) is 25.3 Å². The number of rotatable bonds is 7. The van der Waals surface area contributed by atoms with Gasteiger partial charge in [0.05, 0.1) is 12.6 Å². The van der Waals surface area contributed by atoms with Crippen molar-refractivity contribution in [3.63, 3.8) is 0 Å². The van der Waals surface area contributed by atoms with Crippen LogP contribution in [0.1, 0.15) is 42.3 Å². The van der Waals surface area contributed by atoms with Crippen molar-refractivity contribution in [1.29, 1.82) is 0 Å². The second-order valence-electron chi connectivity index (χ2n) is 6.84. The SMILES string of the molecule is CCN(CC)C(=O)[C@@H]1C[C@@H](NC(=O)c2ccn[nH]2)CN1Cc1ccc(C)o1. The van der Waals surface area contributed by atoms with Gasteiger partial charge in [-0.1, -0.05) is 0 Å². The number of furan rings is 1. The summed E-state index contributed by atoms with van der Waals surface area (Å²) in [5.41, 5.74) is 0.418. The van der Waals surface area contributed by atoms with Crippen LogP contribution >= 0.6 is 0 Å². The summed E-state index contributed by atoms with van der Waals surface area (Å²) in [6.07, 6.45) is 2.12. The topological polar surface area (TPSA) is 94.5 Å². The number of likely N-dealkylation sites (N-methyl/N-ethyl adjacent to an activating group) is 1. The Kier molecular flexibility index (Phi) is 5.95. The molecule has 27 heavy (non-hydrogen) atoms. The molecule has 1 aliphatic rings. The van der Waals surface area contributed by atoms with Gasteiger partial charge < -0.3 is 14.6 Å². The first-order valence-electron chi connectivity index (χ1n) is 9.40. The van der Waals surface area contributed by atoms with Crippen molar-refractivity contribution in [2.24, 2.45) is 0 Å². The summed E-state index contributed by atoms with van der Waals surface area (Å²) in [7, 11) is 0. The third-order valence-electron chi connectivity index (χ3n) is 5.00. The average molecular weight is 373 g/mol. The third-order valence-corrected chi connectivity index (χ3v) is 5.00. The van der Waals surface area contributed by atoms with E-state index in [9.17, 15) is 9.59 Å². The molecular formula is C19H27N5O3. The molecule has 1 aliphatic heterocycles. The van der Waals surface area contributed by atoms with Crippen LogP contribution in [0.3, 0.4) is 0 Å². The maximum Gasteiger partial charge on any atom is 0.269 e. The molecule has 2 aromatic heterocycles. The van der Waals surface area contributed by atoms with Crippen molar-refractivity contribution < 1.29 is 14.0 Å². The molecule has 0 aromatic carbocycles. The second kappa shape index (κ2) is 8.39. The number of hydrogen-bond acceptors (Lipinski definition) is 5. The predicted molar refractivity (Wildman–Crippen MR) is 100 cm³/mol. The smallest absolute Gasteiger partial charge is 0.269 e. The Bertz CT molecular complexity index is 766. The maximum atomic E-state index is 13.0. The summed E-state index contributed by atoms with van der Waals surface area (Å²) >= 11 is 0. The quantitative estimate of drug-likeness (QED) is 0.768. The Morgan fingerprint density at radius 2 is 2.11 bits per heavy atom. The zero-order valence-electron chi connectivity index (χ0n) is 16.1. The zero-order valence-corrected chi connectivity index (χ0v) is 16.1. The van der Waals surface area contributed by atoms with E-state index in [1.165, 1.54) is 0 Å². The molecule has 0 saturated carbocycles. The molecule has 0 bridgehead atoms. The van der Waals surface area contributed by atoms with E-state index in [1.807, 2.05) is 37.8 Å². The van der Waals surface area contributed by atoms with E-state index in [-0.39, 0.29) is 23.9 Å². The maximum absolute atomic E-state index is 13.0. The van der Waals surface area contributed by atoms with Gasteiger partial charge in [0.15, 0.2) is 0 Å². The highest BCUT2D eigenvalue weighted by Crippen LogP contribution is 2.23. The van der Waals surface area contributed by atoms with Crippen LogP contribution in [0, 0.1) is 6.92 Å². The molecule has 2 N–H and O–H groups in total. The van der Waals surface area contributed by atoms with E-state index in [4.69, 9.17) is 4.42 Å². The fourth-order valence-electron chi connectivity index (χ4n) is 3.60. The highest BCUT2D eigenvalue weighted by molar-refractivity contribution is 5.92. The predicted octanol–water partition coefficient (Wildman–Crippen LogP) is 1.55. The molecule has 2 amide bonds. The van der Waals surface area contributed by atoms with Gasteiger partial charge in [-0.2, -0.15) is 5.10 Å². The van der Waals surface area contributed by atoms with Crippen LogP contribution in [-0.4, -0.2) is 63.5 Å². The normalized spacial score (nSPS) is 20.0. The van der Waals surface area contributed by atoms with Crippen LogP contribution in [0.15, 0.2) is 28.8 Å². The zero-order chi connectivity index (χ0) is 19.4. The summed E-state index contributed by atoms with van der Waals surface area (Å²) in [6.45, 7) is 8.34. The largest absolute Gasteiger partial charge is 0.465 e. The first-order valence-corrected chi connectivity index (χ1v) is 9.40. The van der Waals surface area contributed by atoms with Crippen LogP contribution < -0.4 is 5.32 Å². The average Bonchev–Trinajstić information content (AvgIpc) is 3.38. The first-order chi connectivity index (χ1) is 13.0. The summed E-state index contributed by atoms with van der Waals surface area (Å²) in [6, 6.07) is 5.10. The Labute approximate surface area is 158 Å². The number of aromatic nitrogens is 2. The van der Waals surface area contributed by atoms with Gasteiger partial charge in [-0.05, 0) is 45.4 Å². The van der Waals surface area contributed by atoms with Gasteiger partial charge >= 0.3 is 0 Å². The van der Waals surface area contributed by atoms with Crippen molar-refractivity contribution in [2.45, 2.75) is 45.8 Å². The number of likely N-dealkylation sites (tertiary alicyclic amines) is 1. The third kappa shape index (κ3) is 4.39. The fourth-order valence-corrected chi connectivity index (χ4v) is 3.60. The number of carbonyl (C=O) groups excluding carboxylic acids is 2. The van der Waals surface area contributed by atoms with Gasteiger partial charge in [0.25, 0.3) is 5.91 Å². The first kappa shape index (κ1) is 19.2. The fraction of sp³-hybridized carbons (Fsp3) is 0.526. The molecule has 0 unspecified atom stereocenters. The van der Waals surface area contributed by atoms with Gasteiger partial charge in [0.1, 0.15) is 17.2 Å². The van der Waals surface area contributed by atoms with Crippen molar-refractivity contribution in [2.75, 3.05) is 19.6 Å². The molecule has 3 rings (SSSR count). The van der Waals surface area contributed by atoms with Crippen LogP contribution in [0.5, 0.6) is 0 Å². The molecule has 146 valence electrons. The van der Waals surface area contributed by atoms with Crippen LogP contribution in [-0.2, 0) is 11.3 Å². The van der Waals surface area contributed by atoms with Crippen LogP contribution in [0.4, 0.5) is 0 Å². The van der Waals surface area contributed by atoms with Gasteiger partial charge in [-0.15, -0.1) is 0 Å². The molecule has 8 heteroatoms. The number of aromatic amines is 1. The van der Waals surface area contributed by atoms with Gasteiger partial charge in [-0.25, -0.2) is 0 Å². The van der Waals surface area contributed by atoms with Crippen LogP contribution in [0.2, 0.25) is 0 Å². The molecule has 3 heterocycles. The Hall–Kier alpha value is -2.61. The summed E-state index contributed by atoms with van der Waals surface area (Å²) in [5, 5.41) is 9.49. The van der Waals surface area contributed by atoms with Crippen molar-refractivity contribution >= 4 is 11.8 Å². The number of H-pyrrole nitrogens is 1. The summed E-state index contributed by atoms with van der Waals surface area (Å²) < 4.78 is 5.69. The molecule has 0 spiro atoms. The Balaban J connectivity index is 1.73. The van der Waals surface area contributed by atoms with Gasteiger partial charge in [0.2, 0.25) is 5.91 Å². The van der Waals surface area contributed by atoms with E-state index in [0.29, 0.717) is 38.3 Å². The number of hydrogen-bond donors (Lipinski definition) is 2. The number of carbonyl (C=O) groups is 2. The van der Waals surface area contributed by atoms with Gasteiger partial charge in [-0.3, -0.25) is 19.6 Å². The summed E-state index contributed by atoms with van der Waals surface area (Å²) in [5.74, 6) is 1.56. The second-order valence-corrected chi connectivity index (χ2v) is 6.84. The van der Waals surface area contributed by atoms with E-state index in [0.717, 1.165) is 11.5 Å². The number of nitrogens with one attached hydrogen (secondary N) is 2. The molecule has 2 aromatic rings. The molecule has 0 aliphatic carbocycles. The minimum absolute atomic E-state index is 0.0987. The minimum Gasteiger partial charge on any atom is -0.465 e. The lowest BCUT2D eigenvalue weighted by atomic mass is 10.1. The highest BCUT2D eigenvalue weighted by Gasteiger charge is 2.39. The summed E-state index contributed by atoms with van der Waals surface area (Å²) in [4.78, 5) is 29.3. The Morgan fingerprint density at radius 1 is 1.33 bits per heavy atom. The standard InChI is InChI=1S/C19H27N5O3/c1-4-23(5-2)19(26)17-10-14(21-18(25)16-8-9-20-22-16)11-24(17)12-15-7-6-13(3)27-15/h6-9,14,17H,4-5,10-12H2,1-3H3,(H,20,22)(H,21,25)/t14-,17+/m1/s1.